The predicted molar refractivity (Wildman–Crippen MR) is 64.2 cm³/mol. The molecule has 1 aromatic carbocycles. The van der Waals surface area contributed by atoms with Gasteiger partial charge in [0.1, 0.15) is 5.15 Å². The van der Waals surface area contributed by atoms with Crippen LogP contribution in [0, 0.1) is 6.92 Å². The Labute approximate surface area is 100 Å². The summed E-state index contributed by atoms with van der Waals surface area (Å²) < 4.78 is 0.905. The SMILES string of the molecule is Cc1nc(Cl)c2cccc(Cl)c2c1Br. The molecule has 4 heteroatoms. The number of halogens is 3. The maximum absolute atomic E-state index is 6.09. The van der Waals surface area contributed by atoms with Gasteiger partial charge in [0, 0.05) is 20.3 Å². The monoisotopic (exact) mass is 289 g/mol. The Morgan fingerprint density at radius 1 is 1.29 bits per heavy atom. The summed E-state index contributed by atoms with van der Waals surface area (Å²) in [5.74, 6) is 0. The van der Waals surface area contributed by atoms with Crippen molar-refractivity contribution < 1.29 is 0 Å². The lowest BCUT2D eigenvalue weighted by molar-refractivity contribution is 1.21. The van der Waals surface area contributed by atoms with E-state index in [1.54, 1.807) is 0 Å². The van der Waals surface area contributed by atoms with Crippen molar-refractivity contribution in [2.75, 3.05) is 0 Å². The largest absolute Gasteiger partial charge is 0.240 e. The molecular weight excluding hydrogens is 285 g/mol. The van der Waals surface area contributed by atoms with E-state index in [0.717, 1.165) is 20.9 Å². The van der Waals surface area contributed by atoms with Crippen molar-refractivity contribution in [2.45, 2.75) is 6.92 Å². The highest BCUT2D eigenvalue weighted by molar-refractivity contribution is 9.10. The van der Waals surface area contributed by atoms with Gasteiger partial charge in [-0.1, -0.05) is 35.3 Å². The molecular formula is C10H6BrCl2N. The van der Waals surface area contributed by atoms with E-state index in [9.17, 15) is 0 Å². The Morgan fingerprint density at radius 2 is 2.00 bits per heavy atom. The number of rotatable bonds is 0. The van der Waals surface area contributed by atoms with E-state index in [-0.39, 0.29) is 0 Å². The van der Waals surface area contributed by atoms with E-state index in [4.69, 9.17) is 23.2 Å². The molecule has 0 aliphatic rings. The van der Waals surface area contributed by atoms with Gasteiger partial charge in [-0.05, 0) is 28.9 Å². The minimum absolute atomic E-state index is 0.489. The summed E-state index contributed by atoms with van der Waals surface area (Å²) >= 11 is 15.6. The average molecular weight is 291 g/mol. The van der Waals surface area contributed by atoms with E-state index < -0.39 is 0 Å². The minimum atomic E-state index is 0.489. The molecule has 1 nitrogen and oxygen atoms in total. The molecule has 2 rings (SSSR count). The van der Waals surface area contributed by atoms with Crippen LogP contribution < -0.4 is 0 Å². The maximum Gasteiger partial charge on any atom is 0.137 e. The average Bonchev–Trinajstić information content (AvgIpc) is 2.14. The van der Waals surface area contributed by atoms with Crippen LogP contribution in [0.1, 0.15) is 5.69 Å². The molecule has 0 atom stereocenters. The molecule has 1 heterocycles. The summed E-state index contributed by atoms with van der Waals surface area (Å²) in [6.07, 6.45) is 0. The van der Waals surface area contributed by atoms with Crippen molar-refractivity contribution in [3.05, 3.63) is 38.5 Å². The third kappa shape index (κ3) is 1.52. The van der Waals surface area contributed by atoms with Gasteiger partial charge in [0.25, 0.3) is 0 Å². The van der Waals surface area contributed by atoms with Gasteiger partial charge in [-0.15, -0.1) is 0 Å². The minimum Gasteiger partial charge on any atom is -0.240 e. The Morgan fingerprint density at radius 3 is 2.71 bits per heavy atom. The van der Waals surface area contributed by atoms with Gasteiger partial charge in [0.2, 0.25) is 0 Å². The highest BCUT2D eigenvalue weighted by Gasteiger charge is 2.10. The Bertz CT molecular complexity index is 511. The quantitative estimate of drug-likeness (QED) is 0.646. The van der Waals surface area contributed by atoms with Crippen LogP contribution in [0.2, 0.25) is 10.2 Å². The van der Waals surface area contributed by atoms with Gasteiger partial charge in [0.05, 0.1) is 5.69 Å². The van der Waals surface area contributed by atoms with Crippen LogP contribution in [-0.2, 0) is 0 Å². The van der Waals surface area contributed by atoms with Crippen molar-refractivity contribution in [3.63, 3.8) is 0 Å². The van der Waals surface area contributed by atoms with Gasteiger partial charge in [-0.25, -0.2) is 4.98 Å². The highest BCUT2D eigenvalue weighted by Crippen LogP contribution is 2.35. The summed E-state index contributed by atoms with van der Waals surface area (Å²) in [6, 6.07) is 5.60. The third-order valence-electron chi connectivity index (χ3n) is 2.04. The summed E-state index contributed by atoms with van der Waals surface area (Å²) in [7, 11) is 0. The smallest absolute Gasteiger partial charge is 0.137 e. The summed E-state index contributed by atoms with van der Waals surface area (Å²) in [5, 5.41) is 2.97. The summed E-state index contributed by atoms with van der Waals surface area (Å²) in [6.45, 7) is 1.89. The molecule has 0 amide bonds. The number of fused-ring (bicyclic) bond motifs is 1. The number of aryl methyl sites for hydroxylation is 1. The molecule has 2 aromatic rings. The van der Waals surface area contributed by atoms with Crippen LogP contribution in [0.3, 0.4) is 0 Å². The first-order valence-electron chi connectivity index (χ1n) is 4.01. The molecule has 0 unspecified atom stereocenters. The van der Waals surface area contributed by atoms with Crippen molar-refractivity contribution in [1.29, 1.82) is 0 Å². The van der Waals surface area contributed by atoms with Gasteiger partial charge in [0.15, 0.2) is 0 Å². The fourth-order valence-corrected chi connectivity index (χ4v) is 2.54. The van der Waals surface area contributed by atoms with Crippen LogP contribution in [0.5, 0.6) is 0 Å². The first kappa shape index (κ1) is 10.2. The molecule has 0 spiro atoms. The normalized spacial score (nSPS) is 10.9. The van der Waals surface area contributed by atoms with Crippen LogP contribution >= 0.6 is 39.1 Å². The molecule has 0 N–H and O–H groups in total. The van der Waals surface area contributed by atoms with Gasteiger partial charge in [-0.3, -0.25) is 0 Å². The molecule has 0 saturated heterocycles. The molecule has 0 fully saturated rings. The number of hydrogen-bond donors (Lipinski definition) is 0. The van der Waals surface area contributed by atoms with Gasteiger partial charge in [-0.2, -0.15) is 0 Å². The summed E-state index contributed by atoms with van der Waals surface area (Å²) in [4.78, 5) is 4.20. The zero-order valence-corrected chi connectivity index (χ0v) is 10.4. The predicted octanol–water partition coefficient (Wildman–Crippen LogP) is 4.61. The number of pyridine rings is 1. The molecule has 0 bridgehead atoms. The van der Waals surface area contributed by atoms with Gasteiger partial charge < -0.3 is 0 Å². The van der Waals surface area contributed by atoms with Crippen LogP contribution in [0.4, 0.5) is 0 Å². The number of hydrogen-bond acceptors (Lipinski definition) is 1. The second-order valence-electron chi connectivity index (χ2n) is 2.96. The van der Waals surface area contributed by atoms with Crippen LogP contribution in [0.25, 0.3) is 10.8 Å². The lowest BCUT2D eigenvalue weighted by Crippen LogP contribution is -1.88. The zero-order chi connectivity index (χ0) is 10.3. The first-order valence-corrected chi connectivity index (χ1v) is 5.56. The van der Waals surface area contributed by atoms with E-state index in [2.05, 4.69) is 20.9 Å². The number of nitrogens with zero attached hydrogens (tertiary/aromatic N) is 1. The Hall–Kier alpha value is -0.310. The van der Waals surface area contributed by atoms with Crippen LogP contribution in [0.15, 0.2) is 22.7 Å². The molecule has 0 aliphatic heterocycles. The Balaban J connectivity index is 3.03. The highest BCUT2D eigenvalue weighted by atomic mass is 79.9. The lowest BCUT2D eigenvalue weighted by atomic mass is 10.1. The van der Waals surface area contributed by atoms with Crippen molar-refractivity contribution >= 4 is 49.9 Å². The van der Waals surface area contributed by atoms with E-state index >= 15 is 0 Å². The topological polar surface area (TPSA) is 12.9 Å². The van der Waals surface area contributed by atoms with E-state index in [1.807, 2.05) is 25.1 Å². The Kier molecular flexibility index (Phi) is 2.69. The standard InChI is InChI=1S/C10H6BrCl2N/c1-5-9(11)8-6(10(13)14-5)3-2-4-7(8)12/h2-4H,1H3. The molecule has 14 heavy (non-hydrogen) atoms. The molecule has 0 saturated carbocycles. The molecule has 0 aliphatic carbocycles. The molecule has 72 valence electrons. The summed E-state index contributed by atoms with van der Waals surface area (Å²) in [5.41, 5.74) is 0.843. The molecule has 1 aromatic heterocycles. The van der Waals surface area contributed by atoms with Crippen molar-refractivity contribution in [3.8, 4) is 0 Å². The second-order valence-corrected chi connectivity index (χ2v) is 4.52. The zero-order valence-electron chi connectivity index (χ0n) is 7.31. The third-order valence-corrected chi connectivity index (χ3v) is 3.61. The van der Waals surface area contributed by atoms with Crippen molar-refractivity contribution in [1.82, 2.24) is 4.98 Å². The van der Waals surface area contributed by atoms with Crippen LogP contribution in [-0.4, -0.2) is 4.98 Å². The fourth-order valence-electron chi connectivity index (χ4n) is 1.36. The van der Waals surface area contributed by atoms with E-state index in [0.29, 0.717) is 10.2 Å². The van der Waals surface area contributed by atoms with Crippen molar-refractivity contribution in [2.24, 2.45) is 0 Å². The van der Waals surface area contributed by atoms with Gasteiger partial charge >= 0.3 is 0 Å². The molecule has 0 radical (unpaired) electrons. The maximum atomic E-state index is 6.09. The number of aromatic nitrogens is 1. The second kappa shape index (κ2) is 3.69. The first-order chi connectivity index (χ1) is 6.61. The number of benzene rings is 1. The lowest BCUT2D eigenvalue weighted by Gasteiger charge is -2.06. The fraction of sp³-hybridized carbons (Fsp3) is 0.100. The van der Waals surface area contributed by atoms with E-state index in [1.165, 1.54) is 0 Å².